The number of nitrogens with zero attached hydrogens (tertiary/aromatic N) is 1. The lowest BCUT2D eigenvalue weighted by Gasteiger charge is -2.29. The minimum absolute atomic E-state index is 0.327. The van der Waals surface area contributed by atoms with Crippen molar-refractivity contribution in [3.63, 3.8) is 0 Å². The maximum Gasteiger partial charge on any atom is 0.347 e. The van der Waals surface area contributed by atoms with Crippen LogP contribution in [0.25, 0.3) is 22.1 Å². The van der Waals surface area contributed by atoms with Crippen LogP contribution < -0.4 is 10.4 Å². The highest BCUT2D eigenvalue weighted by Gasteiger charge is 2.19. The third-order valence-corrected chi connectivity index (χ3v) is 5.01. The quantitative estimate of drug-likeness (QED) is 0.610. The third kappa shape index (κ3) is 4.11. The molecule has 3 aromatic rings. The second-order valence-corrected chi connectivity index (χ2v) is 7.28. The van der Waals surface area contributed by atoms with Crippen LogP contribution in [-0.4, -0.2) is 44.4 Å². The number of ether oxygens (including phenoxy) is 2. The van der Waals surface area contributed by atoms with Gasteiger partial charge in [0.25, 0.3) is 0 Å². The normalized spacial score (nSPS) is 16.2. The average molecular weight is 379 g/mol. The molecule has 0 saturated carbocycles. The Kier molecular flexibility index (Phi) is 5.74. The van der Waals surface area contributed by atoms with Gasteiger partial charge in [-0.05, 0) is 17.7 Å². The molecule has 1 atom stereocenters. The fraction of sp³-hybridized carbons (Fsp3) is 0.348. The number of benzene rings is 2. The number of morpholine rings is 1. The zero-order valence-electron chi connectivity index (χ0n) is 16.1. The van der Waals surface area contributed by atoms with Gasteiger partial charge in [0.1, 0.15) is 16.9 Å². The molecule has 146 valence electrons. The van der Waals surface area contributed by atoms with E-state index in [0.717, 1.165) is 43.8 Å². The molecule has 4 rings (SSSR count). The summed E-state index contributed by atoms with van der Waals surface area (Å²) in [6.07, 6.45) is 0. The summed E-state index contributed by atoms with van der Waals surface area (Å²) >= 11 is 0. The molecule has 1 fully saturated rings. The van der Waals surface area contributed by atoms with Gasteiger partial charge in [0.15, 0.2) is 0 Å². The van der Waals surface area contributed by atoms with Gasteiger partial charge in [0.05, 0.1) is 25.2 Å². The highest BCUT2D eigenvalue weighted by molar-refractivity contribution is 5.90. The van der Waals surface area contributed by atoms with E-state index in [-0.39, 0.29) is 5.63 Å². The Morgan fingerprint density at radius 1 is 1.04 bits per heavy atom. The Labute approximate surface area is 164 Å². The van der Waals surface area contributed by atoms with Crippen molar-refractivity contribution in [2.45, 2.75) is 6.92 Å². The van der Waals surface area contributed by atoms with E-state index in [0.29, 0.717) is 29.4 Å². The molecule has 0 spiro atoms. The van der Waals surface area contributed by atoms with Crippen LogP contribution in [0.4, 0.5) is 0 Å². The molecule has 0 amide bonds. The van der Waals surface area contributed by atoms with Crippen molar-refractivity contribution in [2.24, 2.45) is 5.92 Å². The summed E-state index contributed by atoms with van der Waals surface area (Å²) in [7, 11) is 0. The zero-order chi connectivity index (χ0) is 19.3. The van der Waals surface area contributed by atoms with Gasteiger partial charge in [-0.1, -0.05) is 49.4 Å². The summed E-state index contributed by atoms with van der Waals surface area (Å²) in [5, 5.41) is 0.819. The van der Waals surface area contributed by atoms with Gasteiger partial charge in [0, 0.05) is 25.6 Å². The van der Waals surface area contributed by atoms with Crippen LogP contribution in [0.2, 0.25) is 0 Å². The second-order valence-electron chi connectivity index (χ2n) is 7.28. The van der Waals surface area contributed by atoms with Crippen molar-refractivity contribution >= 4 is 11.0 Å². The van der Waals surface area contributed by atoms with Gasteiger partial charge >= 0.3 is 5.63 Å². The van der Waals surface area contributed by atoms with E-state index in [9.17, 15) is 4.79 Å². The highest BCUT2D eigenvalue weighted by atomic mass is 16.5. The van der Waals surface area contributed by atoms with Crippen molar-refractivity contribution in [1.29, 1.82) is 0 Å². The summed E-state index contributed by atoms with van der Waals surface area (Å²) in [4.78, 5) is 15.1. The fourth-order valence-electron chi connectivity index (χ4n) is 3.63. The van der Waals surface area contributed by atoms with Crippen molar-refractivity contribution in [3.05, 3.63) is 65.0 Å². The number of rotatable bonds is 6. The van der Waals surface area contributed by atoms with E-state index in [4.69, 9.17) is 13.9 Å². The first-order valence-corrected chi connectivity index (χ1v) is 9.76. The van der Waals surface area contributed by atoms with E-state index in [1.54, 1.807) is 6.07 Å². The topological polar surface area (TPSA) is 51.9 Å². The Hall–Kier alpha value is -2.63. The molecular formula is C23H25NO4. The fourth-order valence-corrected chi connectivity index (χ4v) is 3.63. The average Bonchev–Trinajstić information content (AvgIpc) is 2.73. The van der Waals surface area contributed by atoms with Gasteiger partial charge in [-0.25, -0.2) is 4.79 Å². The molecule has 5 nitrogen and oxygen atoms in total. The van der Waals surface area contributed by atoms with E-state index in [2.05, 4.69) is 11.8 Å². The molecule has 1 aliphatic rings. The van der Waals surface area contributed by atoms with Gasteiger partial charge in [-0.2, -0.15) is 0 Å². The number of hydrogen-bond donors (Lipinski definition) is 0. The first-order chi connectivity index (χ1) is 13.7. The molecule has 0 N–H and O–H groups in total. The van der Waals surface area contributed by atoms with Gasteiger partial charge in [-0.15, -0.1) is 0 Å². The van der Waals surface area contributed by atoms with Crippen LogP contribution in [0.3, 0.4) is 0 Å². The summed E-state index contributed by atoms with van der Waals surface area (Å²) in [6, 6.07) is 17.1. The lowest BCUT2D eigenvalue weighted by molar-refractivity contribution is 0.0284. The minimum Gasteiger partial charge on any atom is -0.492 e. The SMILES string of the molecule is CC(COc1c(-c2ccccc2)c(=O)oc2ccccc12)CN1CCOCC1. The molecular weight excluding hydrogens is 354 g/mol. The van der Waals surface area contributed by atoms with Crippen molar-refractivity contribution < 1.29 is 13.9 Å². The molecule has 2 aromatic carbocycles. The molecule has 2 heterocycles. The van der Waals surface area contributed by atoms with E-state index in [1.807, 2.05) is 48.5 Å². The predicted molar refractivity (Wildman–Crippen MR) is 110 cm³/mol. The third-order valence-electron chi connectivity index (χ3n) is 5.01. The summed E-state index contributed by atoms with van der Waals surface area (Å²) in [6.45, 7) is 7.14. The highest BCUT2D eigenvalue weighted by Crippen LogP contribution is 2.34. The number of hydrogen-bond acceptors (Lipinski definition) is 5. The Balaban J connectivity index is 1.63. The van der Waals surface area contributed by atoms with Crippen LogP contribution in [-0.2, 0) is 4.74 Å². The van der Waals surface area contributed by atoms with E-state index >= 15 is 0 Å². The smallest absolute Gasteiger partial charge is 0.347 e. The van der Waals surface area contributed by atoms with E-state index < -0.39 is 0 Å². The second kappa shape index (κ2) is 8.59. The molecule has 5 heteroatoms. The Bertz CT molecular complexity index is 977. The lowest BCUT2D eigenvalue weighted by atomic mass is 10.0. The van der Waals surface area contributed by atoms with Crippen molar-refractivity contribution in [3.8, 4) is 16.9 Å². The monoisotopic (exact) mass is 379 g/mol. The van der Waals surface area contributed by atoms with Gasteiger partial charge < -0.3 is 13.9 Å². The van der Waals surface area contributed by atoms with Crippen LogP contribution >= 0.6 is 0 Å². The summed E-state index contributed by atoms with van der Waals surface area (Å²) in [5.41, 5.74) is 1.46. The van der Waals surface area contributed by atoms with Crippen LogP contribution in [0.1, 0.15) is 6.92 Å². The number of para-hydroxylation sites is 1. The molecule has 0 radical (unpaired) electrons. The largest absolute Gasteiger partial charge is 0.492 e. The molecule has 1 aromatic heterocycles. The molecule has 0 bridgehead atoms. The maximum absolute atomic E-state index is 12.7. The molecule has 1 aliphatic heterocycles. The first kappa shape index (κ1) is 18.7. The molecule has 0 aliphatic carbocycles. The number of fused-ring (bicyclic) bond motifs is 1. The van der Waals surface area contributed by atoms with Crippen LogP contribution in [0.15, 0.2) is 63.8 Å². The van der Waals surface area contributed by atoms with Gasteiger partial charge in [0.2, 0.25) is 0 Å². The lowest BCUT2D eigenvalue weighted by Crippen LogP contribution is -2.39. The van der Waals surface area contributed by atoms with E-state index in [1.165, 1.54) is 0 Å². The molecule has 1 saturated heterocycles. The standard InChI is InChI=1S/C23H25NO4/c1-17(15-24-11-13-26-14-12-24)16-27-22-19-9-5-6-10-20(19)28-23(25)21(22)18-7-3-2-4-8-18/h2-10,17H,11-16H2,1H3. The zero-order valence-corrected chi connectivity index (χ0v) is 16.1. The van der Waals surface area contributed by atoms with Crippen molar-refractivity contribution in [2.75, 3.05) is 39.5 Å². The first-order valence-electron chi connectivity index (χ1n) is 9.76. The maximum atomic E-state index is 12.7. The van der Waals surface area contributed by atoms with Gasteiger partial charge in [-0.3, -0.25) is 4.90 Å². The molecule has 28 heavy (non-hydrogen) atoms. The Morgan fingerprint density at radius 2 is 1.75 bits per heavy atom. The van der Waals surface area contributed by atoms with Crippen LogP contribution in [0.5, 0.6) is 5.75 Å². The molecule has 1 unspecified atom stereocenters. The summed E-state index contributed by atoms with van der Waals surface area (Å²) < 4.78 is 17.2. The minimum atomic E-state index is -0.374. The van der Waals surface area contributed by atoms with Crippen molar-refractivity contribution in [1.82, 2.24) is 4.90 Å². The Morgan fingerprint density at radius 3 is 2.54 bits per heavy atom. The summed E-state index contributed by atoms with van der Waals surface area (Å²) in [5.74, 6) is 0.930. The predicted octanol–water partition coefficient (Wildman–Crippen LogP) is 3.81. The van der Waals surface area contributed by atoms with Crippen LogP contribution in [0, 0.1) is 5.92 Å².